The number of ether oxygens (including phenoxy) is 1. The smallest absolute Gasteiger partial charge is 0.357 e. The number of para-hydroxylation sites is 1. The fraction of sp³-hybridized carbons (Fsp3) is 0.200. The Hall–Kier alpha value is -2.74. The van der Waals surface area contributed by atoms with Gasteiger partial charge in [-0.25, -0.2) is 4.79 Å². The van der Waals surface area contributed by atoms with Gasteiger partial charge < -0.3 is 15.0 Å². The molecule has 2 N–H and O–H groups in total. The minimum atomic E-state index is -0.563. The molecule has 2 aromatic rings. The molecule has 0 amide bonds. The lowest BCUT2D eigenvalue weighted by atomic mass is 10.1. The predicted molar refractivity (Wildman–Crippen MR) is 75.7 cm³/mol. The zero-order chi connectivity index (χ0) is 14.9. The van der Waals surface area contributed by atoms with E-state index in [4.69, 9.17) is 15.7 Å². The van der Waals surface area contributed by atoms with Gasteiger partial charge in [-0.3, -0.25) is 0 Å². The number of nitrogen functional groups attached to an aromatic ring is 1. The first-order valence-corrected chi connectivity index (χ1v) is 6.07. The molecule has 102 valence electrons. The van der Waals surface area contributed by atoms with E-state index in [0.717, 1.165) is 16.8 Å². The van der Waals surface area contributed by atoms with E-state index < -0.39 is 5.97 Å². The van der Waals surface area contributed by atoms with Gasteiger partial charge in [0.05, 0.1) is 24.0 Å². The van der Waals surface area contributed by atoms with E-state index in [1.54, 1.807) is 10.8 Å². The van der Waals surface area contributed by atoms with Crippen molar-refractivity contribution < 1.29 is 9.53 Å². The molecule has 0 atom stereocenters. The molecule has 0 spiro atoms. The molecule has 0 aliphatic carbocycles. The lowest BCUT2D eigenvalue weighted by Gasteiger charge is -2.13. The van der Waals surface area contributed by atoms with Crippen molar-refractivity contribution in [2.75, 3.05) is 12.8 Å². The van der Waals surface area contributed by atoms with Crippen LogP contribution in [0.1, 0.15) is 27.2 Å². The summed E-state index contributed by atoms with van der Waals surface area (Å²) in [5.74, 6) is -0.563. The quantitative estimate of drug-likeness (QED) is 0.848. The molecule has 1 aromatic heterocycles. The Morgan fingerprint density at radius 1 is 1.35 bits per heavy atom. The van der Waals surface area contributed by atoms with Crippen molar-refractivity contribution in [2.45, 2.75) is 13.8 Å². The number of aromatic nitrogens is 1. The van der Waals surface area contributed by atoms with E-state index in [2.05, 4.69) is 0 Å². The van der Waals surface area contributed by atoms with Crippen LogP contribution in [0.15, 0.2) is 24.4 Å². The molecule has 0 radical (unpaired) electrons. The second-order valence-corrected chi connectivity index (χ2v) is 4.52. The first-order chi connectivity index (χ1) is 9.51. The number of carbonyl (C=O) groups excluding carboxylic acids is 1. The molecule has 1 aromatic carbocycles. The SMILES string of the molecule is COC(=O)c1c(N)c(C#N)cn1-c1c(C)cccc1C. The summed E-state index contributed by atoms with van der Waals surface area (Å²) in [5, 5.41) is 9.10. The van der Waals surface area contributed by atoms with Crippen LogP contribution < -0.4 is 5.73 Å². The maximum Gasteiger partial charge on any atom is 0.357 e. The van der Waals surface area contributed by atoms with Crippen molar-refractivity contribution in [3.63, 3.8) is 0 Å². The lowest BCUT2D eigenvalue weighted by molar-refractivity contribution is 0.0593. The summed E-state index contributed by atoms with van der Waals surface area (Å²) >= 11 is 0. The third-order valence-corrected chi connectivity index (χ3v) is 3.22. The summed E-state index contributed by atoms with van der Waals surface area (Å²) in [4.78, 5) is 11.9. The van der Waals surface area contributed by atoms with Crippen molar-refractivity contribution in [1.82, 2.24) is 4.57 Å². The van der Waals surface area contributed by atoms with Gasteiger partial charge in [-0.1, -0.05) is 18.2 Å². The van der Waals surface area contributed by atoms with Crippen LogP contribution in [0, 0.1) is 25.2 Å². The van der Waals surface area contributed by atoms with Crippen LogP contribution in [0.25, 0.3) is 5.69 Å². The Kier molecular flexibility index (Phi) is 3.49. The minimum absolute atomic E-state index is 0.141. The molecular weight excluding hydrogens is 254 g/mol. The molecule has 2 rings (SSSR count). The number of methoxy groups -OCH3 is 1. The number of aryl methyl sites for hydroxylation is 2. The van der Waals surface area contributed by atoms with Crippen LogP contribution >= 0.6 is 0 Å². The molecule has 0 unspecified atom stereocenters. The predicted octanol–water partition coefficient (Wildman–Crippen LogP) is 2.33. The van der Waals surface area contributed by atoms with E-state index in [-0.39, 0.29) is 16.9 Å². The molecule has 0 aliphatic rings. The Balaban J connectivity index is 2.81. The summed E-state index contributed by atoms with van der Waals surface area (Å²) in [6, 6.07) is 7.80. The number of nitriles is 1. The van der Waals surface area contributed by atoms with Gasteiger partial charge in [0.15, 0.2) is 5.69 Å². The second kappa shape index (κ2) is 5.10. The molecule has 0 saturated carbocycles. The maximum absolute atomic E-state index is 11.9. The third-order valence-electron chi connectivity index (χ3n) is 3.22. The number of nitrogens with two attached hydrogens (primary N) is 1. The maximum atomic E-state index is 11.9. The van der Waals surface area contributed by atoms with E-state index in [1.165, 1.54) is 7.11 Å². The van der Waals surface area contributed by atoms with Crippen LogP contribution in [0.3, 0.4) is 0 Å². The van der Waals surface area contributed by atoms with Gasteiger partial charge in [0.2, 0.25) is 0 Å². The summed E-state index contributed by atoms with van der Waals surface area (Å²) in [5.41, 5.74) is 9.26. The topological polar surface area (TPSA) is 81.0 Å². The number of hydrogen-bond acceptors (Lipinski definition) is 4. The highest BCUT2D eigenvalue weighted by molar-refractivity contribution is 5.96. The zero-order valence-electron chi connectivity index (χ0n) is 11.6. The van der Waals surface area contributed by atoms with Gasteiger partial charge in [-0.2, -0.15) is 5.26 Å². The van der Waals surface area contributed by atoms with Gasteiger partial charge in [0.1, 0.15) is 6.07 Å². The van der Waals surface area contributed by atoms with E-state index >= 15 is 0 Å². The summed E-state index contributed by atoms with van der Waals surface area (Å²) in [7, 11) is 1.29. The third kappa shape index (κ3) is 2.01. The van der Waals surface area contributed by atoms with E-state index in [1.807, 2.05) is 38.1 Å². The molecule has 20 heavy (non-hydrogen) atoms. The first-order valence-electron chi connectivity index (χ1n) is 6.07. The number of anilines is 1. The monoisotopic (exact) mass is 269 g/mol. The largest absolute Gasteiger partial charge is 0.464 e. The molecule has 0 fully saturated rings. The summed E-state index contributed by atoms with van der Waals surface area (Å²) < 4.78 is 6.40. The number of esters is 1. The molecule has 0 aliphatic heterocycles. The van der Waals surface area contributed by atoms with Crippen LogP contribution in [-0.2, 0) is 4.74 Å². The fourth-order valence-electron chi connectivity index (χ4n) is 2.28. The van der Waals surface area contributed by atoms with Crippen molar-refractivity contribution in [2.24, 2.45) is 0 Å². The van der Waals surface area contributed by atoms with Gasteiger partial charge in [0, 0.05) is 6.20 Å². The van der Waals surface area contributed by atoms with Crippen LogP contribution in [0.2, 0.25) is 0 Å². The Morgan fingerprint density at radius 3 is 2.45 bits per heavy atom. The first kappa shape index (κ1) is 13.7. The highest BCUT2D eigenvalue weighted by Crippen LogP contribution is 2.28. The molecule has 1 heterocycles. The molecule has 0 saturated heterocycles. The summed E-state index contributed by atoms with van der Waals surface area (Å²) in [6.45, 7) is 3.87. The lowest BCUT2D eigenvalue weighted by Crippen LogP contribution is -2.12. The standard InChI is InChI=1S/C15H15N3O2/c1-9-5-4-6-10(2)13(9)18-8-11(7-16)12(17)14(18)15(19)20-3/h4-6,8H,17H2,1-3H3. The van der Waals surface area contributed by atoms with Crippen molar-refractivity contribution in [3.05, 3.63) is 46.8 Å². The minimum Gasteiger partial charge on any atom is -0.464 e. The number of hydrogen-bond donors (Lipinski definition) is 1. The average molecular weight is 269 g/mol. The van der Waals surface area contributed by atoms with Gasteiger partial charge in [0.25, 0.3) is 0 Å². The normalized spacial score (nSPS) is 10.1. The van der Waals surface area contributed by atoms with Crippen LogP contribution in [-0.4, -0.2) is 17.6 Å². The average Bonchev–Trinajstić information content (AvgIpc) is 2.74. The van der Waals surface area contributed by atoms with Crippen molar-refractivity contribution in [1.29, 1.82) is 5.26 Å². The number of nitrogens with zero attached hydrogens (tertiary/aromatic N) is 2. The highest BCUT2D eigenvalue weighted by atomic mass is 16.5. The number of carbonyl (C=O) groups is 1. The Labute approximate surface area is 117 Å². The van der Waals surface area contributed by atoms with Crippen LogP contribution in [0.4, 0.5) is 5.69 Å². The van der Waals surface area contributed by atoms with Gasteiger partial charge >= 0.3 is 5.97 Å². The fourth-order valence-corrected chi connectivity index (χ4v) is 2.28. The highest BCUT2D eigenvalue weighted by Gasteiger charge is 2.22. The van der Waals surface area contributed by atoms with E-state index in [0.29, 0.717) is 0 Å². The van der Waals surface area contributed by atoms with Crippen LogP contribution in [0.5, 0.6) is 0 Å². The summed E-state index contributed by atoms with van der Waals surface area (Å²) in [6.07, 6.45) is 1.57. The van der Waals surface area contributed by atoms with Gasteiger partial charge in [-0.15, -0.1) is 0 Å². The second-order valence-electron chi connectivity index (χ2n) is 4.52. The van der Waals surface area contributed by atoms with Crippen molar-refractivity contribution in [3.8, 4) is 11.8 Å². The molecule has 5 heteroatoms. The molecular formula is C15H15N3O2. The molecule has 0 bridgehead atoms. The van der Waals surface area contributed by atoms with Gasteiger partial charge in [-0.05, 0) is 25.0 Å². The molecule has 5 nitrogen and oxygen atoms in total. The number of benzene rings is 1. The van der Waals surface area contributed by atoms with Crippen molar-refractivity contribution >= 4 is 11.7 Å². The Bertz CT molecular complexity index is 703. The number of rotatable bonds is 2. The zero-order valence-corrected chi connectivity index (χ0v) is 11.6. The Morgan fingerprint density at radius 2 is 1.95 bits per heavy atom. The van der Waals surface area contributed by atoms with E-state index in [9.17, 15) is 4.79 Å².